The molecule has 1 aliphatic carbocycles. The molecule has 0 aromatic carbocycles. The smallest absolute Gasteiger partial charge is 0.234 e. The van der Waals surface area contributed by atoms with Crippen molar-refractivity contribution in [2.75, 3.05) is 0 Å². The van der Waals surface area contributed by atoms with Crippen molar-refractivity contribution in [3.8, 4) is 0 Å². The Kier molecular flexibility index (Phi) is 3.56. The fourth-order valence-corrected chi connectivity index (χ4v) is 4.62. The second-order valence-corrected chi connectivity index (χ2v) is 8.24. The molecule has 5 nitrogen and oxygen atoms in total. The standard InChI is InChI=1S/C15H25N5S/c1-8(2)12-17-18-14-20(12)19-13(21-14)10-6-7-11(16)9(3)15(10,4)5/h8-11H,6-7,16H2,1-5H3. The van der Waals surface area contributed by atoms with Gasteiger partial charge in [-0.3, -0.25) is 0 Å². The highest BCUT2D eigenvalue weighted by molar-refractivity contribution is 7.16. The van der Waals surface area contributed by atoms with Gasteiger partial charge in [0.15, 0.2) is 5.82 Å². The molecular formula is C15H25N5S. The van der Waals surface area contributed by atoms with Gasteiger partial charge in [-0.15, -0.1) is 10.2 Å². The highest BCUT2D eigenvalue weighted by atomic mass is 32.1. The van der Waals surface area contributed by atoms with Gasteiger partial charge >= 0.3 is 0 Å². The Morgan fingerprint density at radius 3 is 2.67 bits per heavy atom. The van der Waals surface area contributed by atoms with Crippen LogP contribution in [0.2, 0.25) is 0 Å². The van der Waals surface area contributed by atoms with Crippen LogP contribution in [0.4, 0.5) is 0 Å². The summed E-state index contributed by atoms with van der Waals surface area (Å²) in [6, 6.07) is 0.299. The lowest BCUT2D eigenvalue weighted by molar-refractivity contribution is 0.0986. The number of rotatable bonds is 2. The van der Waals surface area contributed by atoms with Crippen LogP contribution in [0.3, 0.4) is 0 Å². The van der Waals surface area contributed by atoms with Crippen LogP contribution in [0.15, 0.2) is 0 Å². The zero-order chi connectivity index (χ0) is 15.4. The van der Waals surface area contributed by atoms with E-state index in [0.717, 1.165) is 23.6 Å². The molecule has 116 valence electrons. The third-order valence-electron chi connectivity index (χ3n) is 5.35. The van der Waals surface area contributed by atoms with Crippen LogP contribution in [0.1, 0.15) is 70.1 Å². The fraction of sp³-hybridized carbons (Fsp3) is 0.800. The van der Waals surface area contributed by atoms with Crippen LogP contribution in [-0.4, -0.2) is 25.9 Å². The van der Waals surface area contributed by atoms with E-state index in [4.69, 9.17) is 10.8 Å². The molecule has 2 aromatic rings. The van der Waals surface area contributed by atoms with Crippen molar-refractivity contribution < 1.29 is 0 Å². The molecule has 3 rings (SSSR count). The molecular weight excluding hydrogens is 282 g/mol. The quantitative estimate of drug-likeness (QED) is 0.925. The second-order valence-electron chi connectivity index (χ2n) is 7.25. The molecule has 2 heterocycles. The maximum atomic E-state index is 6.27. The van der Waals surface area contributed by atoms with E-state index < -0.39 is 0 Å². The first-order valence-corrected chi connectivity index (χ1v) is 8.61. The van der Waals surface area contributed by atoms with E-state index in [1.165, 1.54) is 5.01 Å². The SMILES string of the molecule is CC(C)c1nnc2sc(C3CCC(N)C(C)C3(C)C)nn12. The van der Waals surface area contributed by atoms with Gasteiger partial charge < -0.3 is 5.73 Å². The van der Waals surface area contributed by atoms with Crippen molar-refractivity contribution in [1.29, 1.82) is 0 Å². The Morgan fingerprint density at radius 2 is 2.00 bits per heavy atom. The van der Waals surface area contributed by atoms with E-state index in [-0.39, 0.29) is 5.41 Å². The molecule has 21 heavy (non-hydrogen) atoms. The summed E-state index contributed by atoms with van der Waals surface area (Å²) in [6.07, 6.45) is 2.19. The molecule has 1 fully saturated rings. The van der Waals surface area contributed by atoms with Crippen molar-refractivity contribution in [3.63, 3.8) is 0 Å². The predicted octanol–water partition coefficient (Wildman–Crippen LogP) is 3.18. The third-order valence-corrected chi connectivity index (χ3v) is 6.36. The topological polar surface area (TPSA) is 69.1 Å². The van der Waals surface area contributed by atoms with Gasteiger partial charge in [0.25, 0.3) is 0 Å². The summed E-state index contributed by atoms with van der Waals surface area (Å²) in [7, 11) is 0. The number of nitrogens with zero attached hydrogens (tertiary/aromatic N) is 4. The van der Waals surface area contributed by atoms with Crippen LogP contribution in [0.5, 0.6) is 0 Å². The molecule has 2 N–H and O–H groups in total. The van der Waals surface area contributed by atoms with Gasteiger partial charge in [-0.05, 0) is 24.2 Å². The zero-order valence-electron chi connectivity index (χ0n) is 13.5. The number of aromatic nitrogens is 4. The van der Waals surface area contributed by atoms with Gasteiger partial charge in [-0.25, -0.2) is 0 Å². The molecule has 3 unspecified atom stereocenters. The second kappa shape index (κ2) is 5.02. The normalized spacial score (nSPS) is 29.4. The minimum atomic E-state index is 0.166. The summed E-state index contributed by atoms with van der Waals surface area (Å²) >= 11 is 1.69. The molecule has 6 heteroatoms. The fourth-order valence-electron chi connectivity index (χ4n) is 3.44. The summed E-state index contributed by atoms with van der Waals surface area (Å²) in [5.74, 6) is 2.24. The molecule has 0 bridgehead atoms. The molecule has 1 saturated carbocycles. The summed E-state index contributed by atoms with van der Waals surface area (Å²) < 4.78 is 1.93. The van der Waals surface area contributed by atoms with Gasteiger partial charge in [0.05, 0.1) is 0 Å². The van der Waals surface area contributed by atoms with Crippen LogP contribution >= 0.6 is 11.3 Å². The maximum Gasteiger partial charge on any atom is 0.234 e. The van der Waals surface area contributed by atoms with Crippen molar-refractivity contribution in [1.82, 2.24) is 19.8 Å². The summed E-state index contributed by atoms with van der Waals surface area (Å²) in [5.41, 5.74) is 6.43. The lowest BCUT2D eigenvalue weighted by atomic mass is 9.61. The number of hydrogen-bond acceptors (Lipinski definition) is 5. The molecule has 3 atom stereocenters. The molecule has 0 aliphatic heterocycles. The van der Waals surface area contributed by atoms with E-state index in [9.17, 15) is 0 Å². The molecule has 0 spiro atoms. The van der Waals surface area contributed by atoms with Crippen molar-refractivity contribution in [2.24, 2.45) is 17.1 Å². The average molecular weight is 307 g/mol. The minimum absolute atomic E-state index is 0.166. The van der Waals surface area contributed by atoms with Crippen molar-refractivity contribution >= 4 is 16.3 Å². The van der Waals surface area contributed by atoms with Crippen molar-refractivity contribution in [2.45, 2.75) is 65.3 Å². The average Bonchev–Trinajstić information content (AvgIpc) is 2.95. The Balaban J connectivity index is 2.00. The highest BCUT2D eigenvalue weighted by Crippen LogP contribution is 2.50. The van der Waals surface area contributed by atoms with Gasteiger partial charge in [-0.2, -0.15) is 9.61 Å². The first kappa shape index (κ1) is 14.9. The van der Waals surface area contributed by atoms with Gasteiger partial charge in [0, 0.05) is 17.9 Å². The summed E-state index contributed by atoms with van der Waals surface area (Å²) in [4.78, 5) is 0.909. The Labute approximate surface area is 129 Å². The van der Waals surface area contributed by atoms with Gasteiger partial charge in [0.2, 0.25) is 4.96 Å². The van der Waals surface area contributed by atoms with Gasteiger partial charge in [0.1, 0.15) is 5.01 Å². The lowest BCUT2D eigenvalue weighted by Crippen LogP contribution is -2.45. The number of hydrogen-bond donors (Lipinski definition) is 1. The molecule has 1 aliphatic rings. The Bertz CT molecular complexity index is 642. The van der Waals surface area contributed by atoms with Crippen LogP contribution in [-0.2, 0) is 0 Å². The minimum Gasteiger partial charge on any atom is -0.327 e. The van der Waals surface area contributed by atoms with E-state index in [1.54, 1.807) is 11.3 Å². The van der Waals surface area contributed by atoms with Gasteiger partial charge in [-0.1, -0.05) is 46.0 Å². The third kappa shape index (κ3) is 2.28. The number of nitrogens with two attached hydrogens (primary N) is 1. The van der Waals surface area contributed by atoms with E-state index in [1.807, 2.05) is 4.52 Å². The van der Waals surface area contributed by atoms with Crippen LogP contribution in [0.25, 0.3) is 4.96 Å². The highest BCUT2D eigenvalue weighted by Gasteiger charge is 2.44. The van der Waals surface area contributed by atoms with E-state index in [2.05, 4.69) is 44.8 Å². The Morgan fingerprint density at radius 1 is 1.29 bits per heavy atom. The van der Waals surface area contributed by atoms with Crippen molar-refractivity contribution in [3.05, 3.63) is 10.8 Å². The monoisotopic (exact) mass is 307 g/mol. The van der Waals surface area contributed by atoms with Crippen LogP contribution in [0, 0.1) is 11.3 Å². The maximum absolute atomic E-state index is 6.27. The van der Waals surface area contributed by atoms with E-state index in [0.29, 0.717) is 23.8 Å². The molecule has 0 radical (unpaired) electrons. The molecule has 0 saturated heterocycles. The largest absolute Gasteiger partial charge is 0.327 e. The summed E-state index contributed by atoms with van der Waals surface area (Å²) in [5, 5.41) is 14.6. The molecule has 2 aromatic heterocycles. The molecule has 0 amide bonds. The lowest BCUT2D eigenvalue weighted by Gasteiger charge is -2.45. The van der Waals surface area contributed by atoms with E-state index >= 15 is 0 Å². The summed E-state index contributed by atoms with van der Waals surface area (Å²) in [6.45, 7) is 11.2. The zero-order valence-corrected chi connectivity index (χ0v) is 14.3. The first-order valence-electron chi connectivity index (χ1n) is 7.80. The predicted molar refractivity (Wildman–Crippen MR) is 85.6 cm³/mol. The Hall–Kier alpha value is -1.01. The first-order chi connectivity index (χ1) is 9.82. The van der Waals surface area contributed by atoms with Crippen LogP contribution < -0.4 is 5.73 Å². The number of fused-ring (bicyclic) bond motifs is 1.